The molecule has 3 aromatic heterocycles. The first-order valence-electron chi connectivity index (χ1n) is 21.1. The molecule has 0 fully saturated rings. The van der Waals surface area contributed by atoms with Gasteiger partial charge < -0.3 is 49.2 Å². The summed E-state index contributed by atoms with van der Waals surface area (Å²) < 4.78 is 0. The van der Waals surface area contributed by atoms with Crippen LogP contribution in [-0.2, 0) is 0 Å². The minimum atomic E-state index is -0.102. The smallest absolute Gasteiger partial charge is 0.131 e. The maximum Gasteiger partial charge on any atom is 0.131 e. The number of fused-ring (bicyclic) bond motifs is 8. The van der Waals surface area contributed by atoms with E-state index in [4.69, 9.17) is 9.97 Å². The predicted octanol–water partition coefficient (Wildman–Crippen LogP) is 9.16. The van der Waals surface area contributed by atoms with Crippen LogP contribution in [0.1, 0.15) is 125 Å². The fourth-order valence-electron chi connectivity index (χ4n) is 10.4. The second-order valence-electron chi connectivity index (χ2n) is 17.8. The average molecular weight is 807 g/mol. The van der Waals surface area contributed by atoms with Gasteiger partial charge in [0.05, 0.1) is 22.8 Å². The molecule has 0 aliphatic carbocycles. The summed E-state index contributed by atoms with van der Waals surface area (Å²) >= 11 is 0. The normalized spacial score (nSPS) is 19.7. The van der Waals surface area contributed by atoms with Gasteiger partial charge >= 0.3 is 0 Å². The van der Waals surface area contributed by atoms with Crippen LogP contribution in [0.2, 0.25) is 0 Å². The summed E-state index contributed by atoms with van der Waals surface area (Å²) in [4.78, 5) is 38.3. The van der Waals surface area contributed by atoms with Crippen LogP contribution in [0.4, 0.5) is 0 Å². The Labute approximate surface area is 355 Å². The maximum absolute atomic E-state index is 5.68. The first kappa shape index (κ1) is 39.4. The molecule has 9 heterocycles. The van der Waals surface area contributed by atoms with Crippen LogP contribution in [0.25, 0.3) is 46.4 Å². The van der Waals surface area contributed by atoms with Crippen molar-refractivity contribution in [2.45, 2.75) is 80.1 Å². The van der Waals surface area contributed by atoms with Crippen molar-refractivity contribution in [3.05, 3.63) is 115 Å². The van der Waals surface area contributed by atoms with Gasteiger partial charge in [-0.1, -0.05) is 0 Å². The summed E-state index contributed by atoms with van der Waals surface area (Å²) in [6.45, 7) is 17.7. The first-order valence-corrected chi connectivity index (χ1v) is 21.1. The minimum Gasteiger partial charge on any atom is -0.355 e. The van der Waals surface area contributed by atoms with Crippen molar-refractivity contribution in [2.24, 2.45) is 0 Å². The Hall–Kier alpha value is -6.04. The zero-order valence-electron chi connectivity index (χ0n) is 38.4. The molecule has 3 aromatic rings. The molecular formula is C48H62N12. The molecule has 6 aliphatic heterocycles. The highest BCUT2D eigenvalue weighted by molar-refractivity contribution is 5.84. The van der Waals surface area contributed by atoms with Crippen LogP contribution in [0.3, 0.4) is 0 Å². The number of hydrogen-bond donors (Lipinski definition) is 2. The van der Waals surface area contributed by atoms with Crippen LogP contribution in [-0.4, -0.2) is 116 Å². The molecular weight excluding hydrogens is 745 g/mol. The van der Waals surface area contributed by atoms with Gasteiger partial charge in [-0.15, -0.1) is 0 Å². The molecule has 0 saturated heterocycles. The number of rotatable bonds is 4. The van der Waals surface area contributed by atoms with E-state index in [9.17, 15) is 0 Å². The Morgan fingerprint density at radius 2 is 0.700 bits per heavy atom. The van der Waals surface area contributed by atoms with Crippen molar-refractivity contribution in [2.75, 3.05) is 56.4 Å². The Bertz CT molecular complexity index is 2650. The SMILES string of the molecule is CC1=C(C)N(C)C(c2c3nc(c(C4N(C)C(C)=C(C)N4C)c4ccc(cc5[nH]c(cc5C5N(C)C(C)=C(C)N5C)c(C5N(C)C(C)=C(C)N5C)c5nc2C=C5)[nH]4)C=C3)N1C. The Kier molecular flexibility index (Phi) is 9.04. The van der Waals surface area contributed by atoms with Gasteiger partial charge in [0.15, 0.2) is 0 Å². The Balaban J connectivity index is 1.43. The highest BCUT2D eigenvalue weighted by Gasteiger charge is 2.39. The predicted molar refractivity (Wildman–Crippen MR) is 245 cm³/mol. The maximum atomic E-state index is 5.68. The van der Waals surface area contributed by atoms with Gasteiger partial charge in [-0.2, -0.15) is 0 Å². The fourth-order valence-corrected chi connectivity index (χ4v) is 10.4. The van der Waals surface area contributed by atoms with Crippen molar-refractivity contribution < 1.29 is 0 Å². The molecule has 0 atom stereocenters. The molecule has 0 spiro atoms. The summed E-state index contributed by atoms with van der Waals surface area (Å²) in [5.41, 5.74) is 22.4. The van der Waals surface area contributed by atoms with Crippen molar-refractivity contribution in [1.82, 2.24) is 59.1 Å². The number of hydrogen-bond acceptors (Lipinski definition) is 10. The molecule has 0 unspecified atom stereocenters. The zero-order valence-corrected chi connectivity index (χ0v) is 38.4. The van der Waals surface area contributed by atoms with Crippen LogP contribution >= 0.6 is 0 Å². The lowest BCUT2D eigenvalue weighted by molar-refractivity contribution is 0.190. The van der Waals surface area contributed by atoms with Gasteiger partial charge in [-0.05, 0) is 104 Å². The average Bonchev–Trinajstić information content (AvgIpc) is 4.13. The summed E-state index contributed by atoms with van der Waals surface area (Å²) in [5, 5.41) is 0. The lowest BCUT2D eigenvalue weighted by Gasteiger charge is -2.31. The van der Waals surface area contributed by atoms with E-state index in [0.717, 1.165) is 61.5 Å². The molecule has 12 heteroatoms. The third-order valence-electron chi connectivity index (χ3n) is 15.2. The third-order valence-corrected chi connectivity index (χ3v) is 15.2. The van der Waals surface area contributed by atoms with Crippen LogP contribution in [0.15, 0.2) is 69.8 Å². The summed E-state index contributed by atoms with van der Waals surface area (Å²) in [6.07, 6.45) is 8.60. The van der Waals surface area contributed by atoms with E-state index in [1.807, 2.05) is 0 Å². The van der Waals surface area contributed by atoms with Crippen LogP contribution in [0.5, 0.6) is 0 Å². The standard InChI is InChI=1S/C48H62N12/c1-25-26(2)54(10)45(53(25)9)34-24-41-44(48-59(15)31(7)32(8)60(48)16)39-22-21-38(51-39)43(47-57(13)29(5)30(6)58(47)14)37-20-19-36(50-37)42(46-55(11)27(3)28(4)56(46)12)35-18-17-33(49-35)23-40(34)52-41/h17-24,45-49,52H,1-16H3. The van der Waals surface area contributed by atoms with Gasteiger partial charge in [0.25, 0.3) is 0 Å². The van der Waals surface area contributed by atoms with E-state index >= 15 is 0 Å². The largest absolute Gasteiger partial charge is 0.355 e. The number of nitrogens with one attached hydrogen (secondary N) is 2. The lowest BCUT2D eigenvalue weighted by atomic mass is 10.1. The number of aromatic nitrogens is 4. The molecule has 0 saturated carbocycles. The quantitative estimate of drug-likeness (QED) is 0.184. The first-order chi connectivity index (χ1) is 28.4. The molecule has 2 N–H and O–H groups in total. The second-order valence-corrected chi connectivity index (χ2v) is 17.8. The van der Waals surface area contributed by atoms with E-state index in [-0.39, 0.29) is 24.7 Å². The van der Waals surface area contributed by atoms with Crippen LogP contribution in [0, 0.1) is 0 Å². The van der Waals surface area contributed by atoms with Gasteiger partial charge in [-0.3, -0.25) is 0 Å². The molecule has 8 bridgehead atoms. The molecule has 0 aromatic carbocycles. The number of nitrogens with zero attached hydrogens (tertiary/aromatic N) is 10. The van der Waals surface area contributed by atoms with Crippen LogP contribution < -0.4 is 0 Å². The lowest BCUT2D eigenvalue weighted by Crippen LogP contribution is -2.29. The highest BCUT2D eigenvalue weighted by atomic mass is 15.4. The zero-order chi connectivity index (χ0) is 43.0. The molecule has 9 rings (SSSR count). The monoisotopic (exact) mass is 807 g/mol. The molecule has 0 radical (unpaired) electrons. The summed E-state index contributed by atoms with van der Waals surface area (Å²) in [7, 11) is 17.6. The van der Waals surface area contributed by atoms with E-state index in [2.05, 4.69) is 210 Å². The second kappa shape index (κ2) is 13.8. The van der Waals surface area contributed by atoms with E-state index in [0.29, 0.717) is 0 Å². The van der Waals surface area contributed by atoms with E-state index in [1.165, 1.54) is 51.1 Å². The third kappa shape index (κ3) is 5.48. The minimum absolute atomic E-state index is 0.00162. The van der Waals surface area contributed by atoms with Gasteiger partial charge in [0, 0.05) is 146 Å². The molecule has 60 heavy (non-hydrogen) atoms. The molecule has 314 valence electrons. The summed E-state index contributed by atoms with van der Waals surface area (Å²) in [5.74, 6) is 0. The van der Waals surface area contributed by atoms with Gasteiger partial charge in [0.2, 0.25) is 0 Å². The van der Waals surface area contributed by atoms with Crippen molar-refractivity contribution >= 4 is 46.4 Å². The number of allylic oxidation sites excluding steroid dienone is 8. The van der Waals surface area contributed by atoms with Crippen molar-refractivity contribution in [1.29, 1.82) is 0 Å². The van der Waals surface area contributed by atoms with Gasteiger partial charge in [0.1, 0.15) is 24.7 Å². The number of aromatic amines is 2. The van der Waals surface area contributed by atoms with Gasteiger partial charge in [-0.25, -0.2) is 9.97 Å². The fraction of sp³-hybridized carbons (Fsp3) is 0.417. The Morgan fingerprint density at radius 1 is 0.367 bits per heavy atom. The van der Waals surface area contributed by atoms with E-state index in [1.54, 1.807) is 0 Å². The molecule has 6 aliphatic rings. The van der Waals surface area contributed by atoms with Crippen molar-refractivity contribution in [3.63, 3.8) is 0 Å². The molecule has 0 amide bonds. The number of H-pyrrole nitrogens is 2. The summed E-state index contributed by atoms with van der Waals surface area (Å²) in [6, 6.07) is 9.10. The highest BCUT2D eigenvalue weighted by Crippen LogP contribution is 2.46. The van der Waals surface area contributed by atoms with Crippen molar-refractivity contribution in [3.8, 4) is 0 Å². The topological polar surface area (TPSA) is 83.3 Å². The Morgan fingerprint density at radius 3 is 1.10 bits per heavy atom. The molecule has 12 nitrogen and oxygen atoms in total. The van der Waals surface area contributed by atoms with E-state index < -0.39 is 0 Å².